The van der Waals surface area contributed by atoms with E-state index in [0.717, 1.165) is 30.5 Å². The summed E-state index contributed by atoms with van der Waals surface area (Å²) in [4.78, 5) is 25.2. The summed E-state index contributed by atoms with van der Waals surface area (Å²) in [6.45, 7) is 7.32. The minimum atomic E-state index is -0.285. The number of hydrogen-bond donors (Lipinski definition) is 1. The lowest BCUT2D eigenvalue weighted by atomic mass is 10.2. The number of anilines is 2. The summed E-state index contributed by atoms with van der Waals surface area (Å²) in [7, 11) is 0. The topological polar surface area (TPSA) is 70.6 Å². The molecule has 7 heteroatoms. The Morgan fingerprint density at radius 1 is 1.15 bits per heavy atom. The minimum absolute atomic E-state index is 0.104. The summed E-state index contributed by atoms with van der Waals surface area (Å²) in [6, 6.07) is 9.19. The van der Waals surface area contributed by atoms with Crippen LogP contribution in [-0.4, -0.2) is 59.6 Å². The first-order chi connectivity index (χ1) is 12.7. The van der Waals surface area contributed by atoms with Crippen molar-refractivity contribution in [3.05, 3.63) is 42.7 Å². The van der Waals surface area contributed by atoms with Crippen LogP contribution >= 0.6 is 0 Å². The third-order valence-corrected chi connectivity index (χ3v) is 4.35. The van der Waals surface area contributed by atoms with Gasteiger partial charge in [-0.15, -0.1) is 0 Å². The van der Waals surface area contributed by atoms with E-state index in [-0.39, 0.29) is 11.9 Å². The normalized spacial score (nSPS) is 15.5. The van der Waals surface area contributed by atoms with Crippen molar-refractivity contribution in [2.45, 2.75) is 19.9 Å². The van der Waals surface area contributed by atoms with Gasteiger partial charge in [-0.05, 0) is 44.2 Å². The number of carbonyl (C=O) groups excluding carboxylic acids is 1. The summed E-state index contributed by atoms with van der Waals surface area (Å²) in [6.07, 6.45) is 3.48. The van der Waals surface area contributed by atoms with E-state index in [9.17, 15) is 4.79 Å². The van der Waals surface area contributed by atoms with E-state index in [4.69, 9.17) is 4.74 Å². The first kappa shape index (κ1) is 18.0. The minimum Gasteiger partial charge on any atom is -0.494 e. The van der Waals surface area contributed by atoms with E-state index in [2.05, 4.69) is 20.2 Å². The molecule has 2 aromatic rings. The molecule has 26 heavy (non-hydrogen) atoms. The molecule has 2 heterocycles. The third-order valence-electron chi connectivity index (χ3n) is 4.35. The summed E-state index contributed by atoms with van der Waals surface area (Å²) in [5, 5.41) is 3.27. The molecule has 1 N–H and O–H groups in total. The Kier molecular flexibility index (Phi) is 5.88. The molecular formula is C19H25N5O2. The molecule has 0 saturated carbocycles. The molecule has 1 aliphatic rings. The summed E-state index contributed by atoms with van der Waals surface area (Å²) in [5.41, 5.74) is 0.908. The van der Waals surface area contributed by atoms with Gasteiger partial charge in [0, 0.05) is 44.3 Å². The summed E-state index contributed by atoms with van der Waals surface area (Å²) < 4.78 is 5.44. The van der Waals surface area contributed by atoms with Crippen LogP contribution in [0, 0.1) is 0 Å². The molecule has 0 radical (unpaired) electrons. The predicted octanol–water partition coefficient (Wildman–Crippen LogP) is 2.02. The van der Waals surface area contributed by atoms with Crippen LogP contribution in [0.4, 0.5) is 11.6 Å². The zero-order valence-electron chi connectivity index (χ0n) is 15.3. The fourth-order valence-corrected chi connectivity index (χ4v) is 2.98. The number of aromatic nitrogens is 2. The van der Waals surface area contributed by atoms with E-state index in [0.29, 0.717) is 19.7 Å². The molecular weight excluding hydrogens is 330 g/mol. The van der Waals surface area contributed by atoms with Gasteiger partial charge in [-0.1, -0.05) is 0 Å². The number of nitrogens with zero attached hydrogens (tertiary/aromatic N) is 4. The number of ether oxygens (including phenoxy) is 1. The molecule has 0 aliphatic carbocycles. The van der Waals surface area contributed by atoms with Crippen LogP contribution in [0.1, 0.15) is 13.8 Å². The van der Waals surface area contributed by atoms with Crippen LogP contribution in [0.3, 0.4) is 0 Å². The van der Waals surface area contributed by atoms with Gasteiger partial charge in [0.05, 0.1) is 6.61 Å². The van der Waals surface area contributed by atoms with Crippen LogP contribution in [0.2, 0.25) is 0 Å². The standard InChI is InChI=1S/C19H25N5O2/c1-3-26-17-7-5-16(6-8-17)22-15(2)18(25)23-11-13-24(14-12-23)19-20-9-4-10-21-19/h4-10,15,22H,3,11-14H2,1-2H3. The smallest absolute Gasteiger partial charge is 0.244 e. The number of nitrogens with one attached hydrogen (secondary N) is 1. The van der Waals surface area contributed by atoms with Gasteiger partial charge in [0.2, 0.25) is 11.9 Å². The Hall–Kier alpha value is -2.83. The molecule has 7 nitrogen and oxygen atoms in total. The molecule has 1 aliphatic heterocycles. The van der Waals surface area contributed by atoms with Gasteiger partial charge in [-0.2, -0.15) is 0 Å². The highest BCUT2D eigenvalue weighted by Gasteiger charge is 2.25. The Bertz CT molecular complexity index is 700. The maximum Gasteiger partial charge on any atom is 0.244 e. The van der Waals surface area contributed by atoms with Gasteiger partial charge < -0.3 is 19.9 Å². The maximum atomic E-state index is 12.7. The largest absolute Gasteiger partial charge is 0.494 e. The molecule has 1 fully saturated rings. The average Bonchev–Trinajstić information content (AvgIpc) is 2.70. The Morgan fingerprint density at radius 3 is 2.42 bits per heavy atom. The third kappa shape index (κ3) is 4.41. The van der Waals surface area contributed by atoms with Crippen molar-refractivity contribution in [1.29, 1.82) is 0 Å². The van der Waals surface area contributed by atoms with Crippen molar-refractivity contribution < 1.29 is 9.53 Å². The fraction of sp³-hybridized carbons (Fsp3) is 0.421. The SMILES string of the molecule is CCOc1ccc(NC(C)C(=O)N2CCN(c3ncccn3)CC2)cc1. The Balaban J connectivity index is 1.51. The molecule has 1 aromatic heterocycles. The lowest BCUT2D eigenvalue weighted by molar-refractivity contribution is -0.131. The quantitative estimate of drug-likeness (QED) is 0.855. The Labute approximate surface area is 154 Å². The second kappa shape index (κ2) is 8.51. The molecule has 138 valence electrons. The van der Waals surface area contributed by atoms with Crippen molar-refractivity contribution in [2.75, 3.05) is 43.0 Å². The Morgan fingerprint density at radius 2 is 1.81 bits per heavy atom. The van der Waals surface area contributed by atoms with Gasteiger partial charge in [0.25, 0.3) is 0 Å². The van der Waals surface area contributed by atoms with Crippen LogP contribution in [-0.2, 0) is 4.79 Å². The zero-order valence-corrected chi connectivity index (χ0v) is 15.3. The van der Waals surface area contributed by atoms with Crippen molar-refractivity contribution >= 4 is 17.5 Å². The van der Waals surface area contributed by atoms with Crippen LogP contribution in [0.5, 0.6) is 5.75 Å². The van der Waals surface area contributed by atoms with E-state index in [1.165, 1.54) is 0 Å². The number of rotatable bonds is 6. The molecule has 0 spiro atoms. The lowest BCUT2D eigenvalue weighted by Gasteiger charge is -2.36. The van der Waals surface area contributed by atoms with Crippen molar-refractivity contribution in [1.82, 2.24) is 14.9 Å². The van der Waals surface area contributed by atoms with Crippen molar-refractivity contribution in [2.24, 2.45) is 0 Å². The highest BCUT2D eigenvalue weighted by molar-refractivity contribution is 5.84. The number of carbonyl (C=O) groups is 1. The first-order valence-electron chi connectivity index (χ1n) is 8.97. The number of piperazine rings is 1. The van der Waals surface area contributed by atoms with E-state index >= 15 is 0 Å². The molecule has 1 atom stereocenters. The second-order valence-corrected chi connectivity index (χ2v) is 6.18. The fourth-order valence-electron chi connectivity index (χ4n) is 2.98. The van der Waals surface area contributed by atoms with Crippen molar-refractivity contribution in [3.8, 4) is 5.75 Å². The van der Waals surface area contributed by atoms with Crippen LogP contribution in [0.15, 0.2) is 42.7 Å². The number of amides is 1. The van der Waals surface area contributed by atoms with E-state index in [1.807, 2.05) is 43.0 Å². The average molecular weight is 355 g/mol. The lowest BCUT2D eigenvalue weighted by Crippen LogP contribution is -2.52. The molecule has 1 unspecified atom stereocenters. The van der Waals surface area contributed by atoms with Gasteiger partial charge in [-0.3, -0.25) is 4.79 Å². The van der Waals surface area contributed by atoms with Gasteiger partial charge >= 0.3 is 0 Å². The van der Waals surface area contributed by atoms with Gasteiger partial charge in [-0.25, -0.2) is 9.97 Å². The van der Waals surface area contributed by atoms with Crippen LogP contribution < -0.4 is 15.0 Å². The van der Waals surface area contributed by atoms with Gasteiger partial charge in [0.15, 0.2) is 0 Å². The molecule has 1 saturated heterocycles. The molecule has 1 amide bonds. The highest BCUT2D eigenvalue weighted by atomic mass is 16.5. The van der Waals surface area contributed by atoms with Gasteiger partial charge in [0.1, 0.15) is 11.8 Å². The number of hydrogen-bond acceptors (Lipinski definition) is 6. The second-order valence-electron chi connectivity index (χ2n) is 6.18. The first-order valence-corrected chi connectivity index (χ1v) is 8.97. The summed E-state index contributed by atoms with van der Waals surface area (Å²) in [5.74, 6) is 1.66. The van der Waals surface area contributed by atoms with Crippen LogP contribution in [0.25, 0.3) is 0 Å². The number of benzene rings is 1. The van der Waals surface area contributed by atoms with Crippen molar-refractivity contribution in [3.63, 3.8) is 0 Å². The van der Waals surface area contributed by atoms with E-state index in [1.54, 1.807) is 18.5 Å². The summed E-state index contributed by atoms with van der Waals surface area (Å²) >= 11 is 0. The molecule has 1 aromatic carbocycles. The molecule has 3 rings (SSSR count). The highest BCUT2D eigenvalue weighted by Crippen LogP contribution is 2.17. The van der Waals surface area contributed by atoms with E-state index < -0.39 is 0 Å². The molecule has 0 bridgehead atoms. The predicted molar refractivity (Wildman–Crippen MR) is 102 cm³/mol. The zero-order chi connectivity index (χ0) is 18.4. The monoisotopic (exact) mass is 355 g/mol. The maximum absolute atomic E-state index is 12.7.